The smallest absolute Gasteiger partial charge is 0.320 e. The third kappa shape index (κ3) is 4.58. The summed E-state index contributed by atoms with van der Waals surface area (Å²) < 4.78 is 11.2. The molecule has 0 N–H and O–H groups in total. The summed E-state index contributed by atoms with van der Waals surface area (Å²) in [5.74, 6) is -0.0617. The van der Waals surface area contributed by atoms with E-state index in [9.17, 15) is 4.79 Å². The maximum absolute atomic E-state index is 13.4. The van der Waals surface area contributed by atoms with Gasteiger partial charge in [-0.3, -0.25) is 9.69 Å². The fourth-order valence-corrected chi connectivity index (χ4v) is 3.84. The number of anilines is 1. The van der Waals surface area contributed by atoms with E-state index in [1.165, 1.54) is 31.6 Å². The summed E-state index contributed by atoms with van der Waals surface area (Å²) in [5.41, 5.74) is 1.84. The summed E-state index contributed by atoms with van der Waals surface area (Å²) in [7, 11) is 6.80. The number of likely N-dealkylation sites (N-methyl/N-ethyl adjacent to an activating group) is 1. The summed E-state index contributed by atoms with van der Waals surface area (Å²) in [5, 5.41) is 1.22. The Morgan fingerprint density at radius 3 is 2.55 bits per heavy atom. The number of hydrogen-bond donors (Lipinski definition) is 0. The van der Waals surface area contributed by atoms with E-state index in [4.69, 9.17) is 26.1 Å². The zero-order valence-electron chi connectivity index (χ0n) is 16.9. The van der Waals surface area contributed by atoms with Crippen LogP contribution in [-0.4, -0.2) is 67.2 Å². The van der Waals surface area contributed by atoms with Gasteiger partial charge in [-0.25, -0.2) is 4.98 Å². The predicted octanol–water partition coefficient (Wildman–Crippen LogP) is 3.27. The SMILES string of the molecule is COc1cc(C(=O)N(CCN(C)C)c2nc3c(C)c(Cl)ccc3s2)nc(OC)n1. The number of amides is 1. The molecule has 3 aromatic rings. The molecule has 0 aliphatic heterocycles. The summed E-state index contributed by atoms with van der Waals surface area (Å²) in [4.78, 5) is 29.9. The lowest BCUT2D eigenvalue weighted by Crippen LogP contribution is -2.37. The summed E-state index contributed by atoms with van der Waals surface area (Å²) >= 11 is 7.67. The minimum Gasteiger partial charge on any atom is -0.481 e. The number of thiazole rings is 1. The lowest BCUT2D eigenvalue weighted by molar-refractivity contribution is 0.0978. The zero-order chi connectivity index (χ0) is 21.1. The molecule has 0 spiro atoms. The molecular weight excluding hydrogens is 414 g/mol. The fourth-order valence-electron chi connectivity index (χ4n) is 2.64. The first kappa shape index (κ1) is 21.2. The molecule has 8 nitrogen and oxygen atoms in total. The van der Waals surface area contributed by atoms with Crippen LogP contribution in [0.15, 0.2) is 18.2 Å². The Bertz CT molecular complexity index is 1020. The van der Waals surface area contributed by atoms with Crippen LogP contribution in [0, 0.1) is 6.92 Å². The van der Waals surface area contributed by atoms with E-state index in [0.717, 1.165) is 15.8 Å². The van der Waals surface area contributed by atoms with Crippen LogP contribution in [0.4, 0.5) is 5.13 Å². The summed E-state index contributed by atoms with van der Waals surface area (Å²) in [6, 6.07) is 5.31. The number of fused-ring (bicyclic) bond motifs is 1. The maximum Gasteiger partial charge on any atom is 0.320 e. The Hall–Kier alpha value is -2.49. The number of nitrogens with zero attached hydrogens (tertiary/aromatic N) is 5. The molecule has 0 bridgehead atoms. The van der Waals surface area contributed by atoms with Crippen molar-refractivity contribution in [2.45, 2.75) is 6.92 Å². The topological polar surface area (TPSA) is 80.7 Å². The van der Waals surface area contributed by atoms with Crippen molar-refractivity contribution in [3.8, 4) is 11.9 Å². The van der Waals surface area contributed by atoms with E-state index in [1.54, 1.807) is 4.90 Å². The normalized spacial score (nSPS) is 11.1. The number of rotatable bonds is 7. The number of aryl methyl sites for hydroxylation is 1. The van der Waals surface area contributed by atoms with Crippen molar-refractivity contribution in [2.24, 2.45) is 0 Å². The van der Waals surface area contributed by atoms with Gasteiger partial charge in [-0.1, -0.05) is 22.9 Å². The van der Waals surface area contributed by atoms with E-state index in [0.29, 0.717) is 23.2 Å². The van der Waals surface area contributed by atoms with Gasteiger partial charge in [-0.15, -0.1) is 0 Å². The van der Waals surface area contributed by atoms with E-state index in [2.05, 4.69) is 9.97 Å². The van der Waals surface area contributed by atoms with Crippen LogP contribution in [0.25, 0.3) is 10.2 Å². The first-order valence-corrected chi connectivity index (χ1v) is 10.0. The molecule has 0 atom stereocenters. The Morgan fingerprint density at radius 1 is 1.14 bits per heavy atom. The van der Waals surface area contributed by atoms with Crippen LogP contribution in [-0.2, 0) is 0 Å². The molecule has 0 saturated heterocycles. The summed E-state index contributed by atoms with van der Waals surface area (Å²) in [6.45, 7) is 3.01. The minimum absolute atomic E-state index is 0.0622. The lowest BCUT2D eigenvalue weighted by Gasteiger charge is -2.21. The van der Waals surface area contributed by atoms with Crippen molar-refractivity contribution < 1.29 is 14.3 Å². The second kappa shape index (κ2) is 8.89. The van der Waals surface area contributed by atoms with Gasteiger partial charge in [-0.2, -0.15) is 9.97 Å². The van der Waals surface area contributed by atoms with Gasteiger partial charge in [0, 0.05) is 24.2 Å². The highest BCUT2D eigenvalue weighted by atomic mass is 35.5. The van der Waals surface area contributed by atoms with E-state index >= 15 is 0 Å². The van der Waals surface area contributed by atoms with Gasteiger partial charge in [0.15, 0.2) is 5.13 Å². The molecule has 0 aliphatic rings. The standard InChI is InChI=1S/C19H22ClN5O3S/c1-11-12(20)6-7-14-16(11)23-19(29-14)25(9-8-24(2)3)17(26)13-10-15(27-4)22-18(21-13)28-5/h6-7,10H,8-9H2,1-5H3. The second-order valence-electron chi connectivity index (χ2n) is 6.56. The molecule has 0 aliphatic carbocycles. The lowest BCUT2D eigenvalue weighted by atomic mass is 10.2. The van der Waals surface area contributed by atoms with Crippen molar-refractivity contribution in [3.63, 3.8) is 0 Å². The molecule has 2 heterocycles. The van der Waals surface area contributed by atoms with Crippen LogP contribution in [0.2, 0.25) is 5.02 Å². The number of ether oxygens (including phenoxy) is 2. The minimum atomic E-state index is -0.311. The number of benzene rings is 1. The Kier molecular flexibility index (Phi) is 6.51. The molecule has 0 unspecified atom stereocenters. The average molecular weight is 436 g/mol. The number of aromatic nitrogens is 3. The molecule has 154 valence electrons. The first-order valence-electron chi connectivity index (χ1n) is 8.83. The van der Waals surface area contributed by atoms with Gasteiger partial charge in [-0.05, 0) is 38.7 Å². The zero-order valence-corrected chi connectivity index (χ0v) is 18.5. The Balaban J connectivity index is 2.06. The fraction of sp³-hybridized carbons (Fsp3) is 0.368. The third-order valence-electron chi connectivity index (χ3n) is 4.28. The summed E-state index contributed by atoms with van der Waals surface area (Å²) in [6.07, 6.45) is 0. The number of hydrogen-bond acceptors (Lipinski definition) is 8. The highest BCUT2D eigenvalue weighted by Gasteiger charge is 2.24. The largest absolute Gasteiger partial charge is 0.481 e. The molecule has 1 aromatic carbocycles. The maximum atomic E-state index is 13.4. The van der Waals surface area contributed by atoms with Gasteiger partial charge in [0.05, 0.1) is 24.4 Å². The highest BCUT2D eigenvalue weighted by molar-refractivity contribution is 7.22. The molecular formula is C19H22ClN5O3S. The quantitative estimate of drug-likeness (QED) is 0.563. The molecule has 0 radical (unpaired) electrons. The van der Waals surface area contributed by atoms with Crippen molar-refractivity contribution in [1.29, 1.82) is 0 Å². The number of halogens is 1. The molecule has 29 heavy (non-hydrogen) atoms. The molecule has 3 rings (SSSR count). The van der Waals surface area contributed by atoms with Gasteiger partial charge in [0.25, 0.3) is 5.91 Å². The van der Waals surface area contributed by atoms with E-state index < -0.39 is 0 Å². The highest BCUT2D eigenvalue weighted by Crippen LogP contribution is 2.34. The second-order valence-corrected chi connectivity index (χ2v) is 7.97. The van der Waals surface area contributed by atoms with Gasteiger partial charge in [0.1, 0.15) is 5.69 Å². The van der Waals surface area contributed by atoms with Crippen molar-refractivity contribution in [2.75, 3.05) is 46.3 Å². The van der Waals surface area contributed by atoms with Crippen molar-refractivity contribution in [1.82, 2.24) is 19.9 Å². The third-order valence-corrected chi connectivity index (χ3v) is 5.73. The average Bonchev–Trinajstić information content (AvgIpc) is 3.14. The van der Waals surface area contributed by atoms with Crippen molar-refractivity contribution in [3.05, 3.63) is 34.5 Å². The number of methoxy groups -OCH3 is 2. The molecule has 2 aromatic heterocycles. The van der Waals surface area contributed by atoms with E-state index in [1.807, 2.05) is 38.1 Å². The van der Waals surface area contributed by atoms with Crippen LogP contribution in [0.3, 0.4) is 0 Å². The number of carbonyl (C=O) groups excluding carboxylic acids is 1. The van der Waals surface area contributed by atoms with E-state index in [-0.39, 0.29) is 23.5 Å². The predicted molar refractivity (Wildman–Crippen MR) is 115 cm³/mol. The van der Waals surface area contributed by atoms with Crippen LogP contribution >= 0.6 is 22.9 Å². The van der Waals surface area contributed by atoms with Gasteiger partial charge < -0.3 is 14.4 Å². The molecule has 0 saturated carbocycles. The molecule has 0 fully saturated rings. The molecule has 1 amide bonds. The molecule has 10 heteroatoms. The Morgan fingerprint density at radius 2 is 1.90 bits per heavy atom. The van der Waals surface area contributed by atoms with Crippen LogP contribution in [0.5, 0.6) is 11.9 Å². The monoisotopic (exact) mass is 435 g/mol. The first-order chi connectivity index (χ1) is 13.8. The van der Waals surface area contributed by atoms with Gasteiger partial charge in [0.2, 0.25) is 5.88 Å². The van der Waals surface area contributed by atoms with Crippen molar-refractivity contribution >= 4 is 44.2 Å². The number of carbonyl (C=O) groups is 1. The van der Waals surface area contributed by atoms with Crippen LogP contribution < -0.4 is 14.4 Å². The van der Waals surface area contributed by atoms with Gasteiger partial charge >= 0.3 is 6.01 Å². The Labute approximate surface area is 178 Å². The van der Waals surface area contributed by atoms with Crippen LogP contribution in [0.1, 0.15) is 16.1 Å².